The fourth-order valence-electron chi connectivity index (χ4n) is 2.29. The summed E-state index contributed by atoms with van der Waals surface area (Å²) < 4.78 is 6.31. The van der Waals surface area contributed by atoms with Crippen LogP contribution in [-0.4, -0.2) is 53.7 Å². The van der Waals surface area contributed by atoms with Crippen molar-refractivity contribution in [2.45, 2.75) is 33.3 Å². The summed E-state index contributed by atoms with van der Waals surface area (Å²) in [6.45, 7) is 9.43. The van der Waals surface area contributed by atoms with Crippen molar-refractivity contribution < 1.29 is 14.3 Å². The second-order valence-corrected chi connectivity index (χ2v) is 7.70. The van der Waals surface area contributed by atoms with Crippen molar-refractivity contribution in [1.29, 1.82) is 0 Å². The lowest BCUT2D eigenvalue weighted by Crippen LogP contribution is -2.52. The van der Waals surface area contributed by atoms with Gasteiger partial charge in [0.2, 0.25) is 0 Å². The van der Waals surface area contributed by atoms with Crippen molar-refractivity contribution in [3.8, 4) is 0 Å². The van der Waals surface area contributed by atoms with E-state index in [9.17, 15) is 9.59 Å². The first kappa shape index (κ1) is 18.6. The van der Waals surface area contributed by atoms with Gasteiger partial charge in [0.1, 0.15) is 5.60 Å². The molecule has 0 aromatic heterocycles. The molecule has 1 saturated heterocycles. The van der Waals surface area contributed by atoms with Crippen LogP contribution >= 0.6 is 15.9 Å². The zero-order chi connectivity index (χ0) is 17.9. The summed E-state index contributed by atoms with van der Waals surface area (Å²) in [5.74, 6) is 0. The molecule has 1 aromatic rings. The number of nitrogens with one attached hydrogen (secondary N) is 1. The molecule has 0 atom stereocenters. The summed E-state index contributed by atoms with van der Waals surface area (Å²) in [6.07, 6.45) is -0.329. The van der Waals surface area contributed by atoms with Crippen LogP contribution in [0.5, 0.6) is 0 Å². The zero-order valence-corrected chi connectivity index (χ0v) is 16.1. The standard InChI is InChI=1S/C17H24BrN3O3/c1-12-5-6-13(11-14(12)18)19-15(22)20-7-9-21(10-8-20)16(23)24-17(2,3)4/h5-6,11H,7-10H2,1-4H3,(H,19,22). The van der Waals surface area contributed by atoms with Gasteiger partial charge in [-0.05, 0) is 45.4 Å². The molecular weight excluding hydrogens is 374 g/mol. The van der Waals surface area contributed by atoms with Crippen LogP contribution in [0.3, 0.4) is 0 Å². The number of hydrogen-bond acceptors (Lipinski definition) is 3. The largest absolute Gasteiger partial charge is 0.444 e. The highest BCUT2D eigenvalue weighted by Crippen LogP contribution is 2.21. The number of piperazine rings is 1. The summed E-state index contributed by atoms with van der Waals surface area (Å²) in [7, 11) is 0. The zero-order valence-electron chi connectivity index (χ0n) is 14.6. The molecule has 7 heteroatoms. The Kier molecular flexibility index (Phi) is 5.74. The summed E-state index contributed by atoms with van der Waals surface area (Å²) in [5, 5.41) is 2.88. The van der Waals surface area contributed by atoms with Crippen LogP contribution in [0.4, 0.5) is 15.3 Å². The highest BCUT2D eigenvalue weighted by molar-refractivity contribution is 9.10. The number of hydrogen-bond donors (Lipinski definition) is 1. The molecule has 1 aromatic carbocycles. The fraction of sp³-hybridized carbons (Fsp3) is 0.529. The van der Waals surface area contributed by atoms with Gasteiger partial charge < -0.3 is 19.9 Å². The topological polar surface area (TPSA) is 61.9 Å². The molecule has 132 valence electrons. The lowest BCUT2D eigenvalue weighted by molar-refractivity contribution is 0.0174. The second-order valence-electron chi connectivity index (χ2n) is 6.85. The first-order chi connectivity index (χ1) is 11.2. The molecule has 0 saturated carbocycles. The summed E-state index contributed by atoms with van der Waals surface area (Å²) in [5.41, 5.74) is 1.34. The summed E-state index contributed by atoms with van der Waals surface area (Å²) in [4.78, 5) is 27.7. The van der Waals surface area contributed by atoms with Crippen molar-refractivity contribution in [1.82, 2.24) is 9.80 Å². The number of ether oxygens (including phenoxy) is 1. The van der Waals surface area contributed by atoms with Gasteiger partial charge in [0.25, 0.3) is 0 Å². The second kappa shape index (κ2) is 7.42. The average molecular weight is 398 g/mol. The molecule has 1 N–H and O–H groups in total. The van der Waals surface area contributed by atoms with E-state index in [1.165, 1.54) is 0 Å². The number of urea groups is 1. The van der Waals surface area contributed by atoms with Crippen molar-refractivity contribution in [3.05, 3.63) is 28.2 Å². The molecule has 1 fully saturated rings. The minimum atomic E-state index is -0.510. The first-order valence-electron chi connectivity index (χ1n) is 7.96. The van der Waals surface area contributed by atoms with Gasteiger partial charge in [0, 0.05) is 36.3 Å². The highest BCUT2D eigenvalue weighted by atomic mass is 79.9. The van der Waals surface area contributed by atoms with E-state index >= 15 is 0 Å². The number of amides is 3. The molecule has 1 aliphatic rings. The molecule has 2 rings (SSSR count). The highest BCUT2D eigenvalue weighted by Gasteiger charge is 2.27. The Morgan fingerprint density at radius 3 is 2.25 bits per heavy atom. The van der Waals surface area contributed by atoms with E-state index < -0.39 is 5.60 Å². The van der Waals surface area contributed by atoms with Gasteiger partial charge in [0.05, 0.1) is 0 Å². The number of anilines is 1. The Bertz CT molecular complexity index is 620. The predicted molar refractivity (Wildman–Crippen MR) is 97.3 cm³/mol. The predicted octanol–water partition coefficient (Wildman–Crippen LogP) is 3.84. The first-order valence-corrected chi connectivity index (χ1v) is 8.75. The van der Waals surface area contributed by atoms with E-state index in [2.05, 4.69) is 21.2 Å². The molecule has 0 spiro atoms. The van der Waals surface area contributed by atoms with Crippen LogP contribution in [0.15, 0.2) is 22.7 Å². The number of halogens is 1. The van der Waals surface area contributed by atoms with Crippen LogP contribution in [0.2, 0.25) is 0 Å². The van der Waals surface area contributed by atoms with Gasteiger partial charge in [-0.15, -0.1) is 0 Å². The van der Waals surface area contributed by atoms with Crippen LogP contribution in [0, 0.1) is 6.92 Å². The van der Waals surface area contributed by atoms with Gasteiger partial charge in [-0.1, -0.05) is 22.0 Å². The molecule has 0 aliphatic carbocycles. The normalized spacial score (nSPS) is 15.2. The monoisotopic (exact) mass is 397 g/mol. The lowest BCUT2D eigenvalue weighted by Gasteiger charge is -2.35. The van der Waals surface area contributed by atoms with E-state index in [1.807, 2.05) is 45.9 Å². The average Bonchev–Trinajstić information content (AvgIpc) is 2.49. The number of carbonyl (C=O) groups excluding carboxylic acids is 2. The Morgan fingerprint density at radius 1 is 1.12 bits per heavy atom. The van der Waals surface area contributed by atoms with Gasteiger partial charge in [-0.25, -0.2) is 9.59 Å². The molecule has 1 heterocycles. The third kappa shape index (κ3) is 5.12. The maximum atomic E-state index is 12.3. The summed E-state index contributed by atoms with van der Waals surface area (Å²) in [6, 6.07) is 5.54. The molecule has 0 unspecified atom stereocenters. The van der Waals surface area contributed by atoms with E-state index in [0.717, 1.165) is 15.7 Å². The van der Waals surface area contributed by atoms with Crippen molar-refractivity contribution in [3.63, 3.8) is 0 Å². The van der Waals surface area contributed by atoms with E-state index in [1.54, 1.807) is 9.80 Å². The fourth-order valence-corrected chi connectivity index (χ4v) is 2.67. The van der Waals surface area contributed by atoms with Crippen LogP contribution < -0.4 is 5.32 Å². The van der Waals surface area contributed by atoms with Crippen LogP contribution in [-0.2, 0) is 4.74 Å². The molecule has 0 radical (unpaired) electrons. The van der Waals surface area contributed by atoms with Crippen LogP contribution in [0.1, 0.15) is 26.3 Å². The van der Waals surface area contributed by atoms with E-state index in [-0.39, 0.29) is 12.1 Å². The minimum Gasteiger partial charge on any atom is -0.444 e. The molecule has 3 amide bonds. The Hall–Kier alpha value is -1.76. The van der Waals surface area contributed by atoms with Crippen molar-refractivity contribution in [2.75, 3.05) is 31.5 Å². The van der Waals surface area contributed by atoms with Gasteiger partial charge in [-0.2, -0.15) is 0 Å². The molecule has 6 nitrogen and oxygen atoms in total. The third-order valence-corrected chi connectivity index (χ3v) is 4.50. The van der Waals surface area contributed by atoms with Gasteiger partial charge in [0.15, 0.2) is 0 Å². The SMILES string of the molecule is Cc1ccc(NC(=O)N2CCN(C(=O)OC(C)(C)C)CC2)cc1Br. The number of rotatable bonds is 1. The van der Waals surface area contributed by atoms with E-state index in [0.29, 0.717) is 26.2 Å². The number of benzene rings is 1. The number of aryl methyl sites for hydroxylation is 1. The maximum Gasteiger partial charge on any atom is 0.410 e. The summed E-state index contributed by atoms with van der Waals surface area (Å²) >= 11 is 3.46. The third-order valence-electron chi connectivity index (χ3n) is 3.64. The quantitative estimate of drug-likeness (QED) is 0.782. The van der Waals surface area contributed by atoms with Crippen LogP contribution in [0.25, 0.3) is 0 Å². The molecule has 0 bridgehead atoms. The Morgan fingerprint density at radius 2 is 1.71 bits per heavy atom. The van der Waals surface area contributed by atoms with Crippen molar-refractivity contribution >= 4 is 33.7 Å². The maximum absolute atomic E-state index is 12.3. The van der Waals surface area contributed by atoms with E-state index in [4.69, 9.17) is 4.74 Å². The smallest absolute Gasteiger partial charge is 0.410 e. The number of nitrogens with zero attached hydrogens (tertiary/aromatic N) is 2. The van der Waals surface area contributed by atoms with Gasteiger partial charge >= 0.3 is 12.1 Å². The molecule has 1 aliphatic heterocycles. The molecular formula is C17H24BrN3O3. The Balaban J connectivity index is 1.86. The number of carbonyl (C=O) groups is 2. The van der Waals surface area contributed by atoms with Crippen molar-refractivity contribution in [2.24, 2.45) is 0 Å². The molecule has 24 heavy (non-hydrogen) atoms. The van der Waals surface area contributed by atoms with Gasteiger partial charge in [-0.3, -0.25) is 0 Å². The lowest BCUT2D eigenvalue weighted by atomic mass is 10.2. The Labute approximate surface area is 151 Å². The minimum absolute atomic E-state index is 0.158.